The summed E-state index contributed by atoms with van der Waals surface area (Å²) in [5.41, 5.74) is 0.705. The van der Waals surface area contributed by atoms with E-state index in [4.69, 9.17) is 0 Å². The molecule has 1 N–H and O–H groups in total. The number of carbonyl (C=O) groups excluding carboxylic acids is 1. The van der Waals surface area contributed by atoms with Crippen molar-refractivity contribution < 1.29 is 4.79 Å². The molecule has 0 aromatic carbocycles. The highest BCUT2D eigenvalue weighted by Gasteiger charge is 2.32. The monoisotopic (exact) mass is 286 g/mol. The van der Waals surface area contributed by atoms with Crippen LogP contribution >= 0.6 is 0 Å². The molecule has 21 heavy (non-hydrogen) atoms. The highest BCUT2D eigenvalue weighted by Crippen LogP contribution is 2.27. The molecular weight excluding hydrogens is 264 g/mol. The number of nitrogens with one attached hydrogen (secondary N) is 1. The molecule has 0 radical (unpaired) electrons. The Morgan fingerprint density at radius 3 is 2.43 bits per heavy atom. The van der Waals surface area contributed by atoms with E-state index in [1.54, 1.807) is 6.20 Å². The molecule has 0 atom stereocenters. The fourth-order valence-electron chi connectivity index (χ4n) is 2.95. The van der Waals surface area contributed by atoms with Gasteiger partial charge in [0.25, 0.3) is 5.91 Å². The van der Waals surface area contributed by atoms with Crippen molar-refractivity contribution in [2.45, 2.75) is 37.8 Å². The molecule has 1 aliphatic heterocycles. The van der Waals surface area contributed by atoms with Gasteiger partial charge in [-0.25, -0.2) is 4.98 Å². The number of hydrogen-bond donors (Lipinski definition) is 1. The van der Waals surface area contributed by atoms with Crippen molar-refractivity contribution in [1.82, 2.24) is 14.8 Å². The van der Waals surface area contributed by atoms with E-state index in [2.05, 4.69) is 15.2 Å². The molecular formula is C16H22N4O. The topological polar surface area (TPSA) is 48.5 Å². The molecule has 1 amide bonds. The lowest BCUT2D eigenvalue weighted by atomic mass is 10.2. The first kappa shape index (κ1) is 13.1. The minimum atomic E-state index is 0.121. The van der Waals surface area contributed by atoms with Crippen molar-refractivity contribution in [2.24, 2.45) is 0 Å². The van der Waals surface area contributed by atoms with E-state index in [9.17, 15) is 4.79 Å². The molecule has 3 fully saturated rings. The molecule has 2 saturated carbocycles. The van der Waals surface area contributed by atoms with E-state index in [0.29, 0.717) is 11.6 Å². The van der Waals surface area contributed by atoms with Crippen LogP contribution in [0.3, 0.4) is 0 Å². The van der Waals surface area contributed by atoms with E-state index in [-0.39, 0.29) is 5.91 Å². The molecule has 0 bridgehead atoms. The predicted molar refractivity (Wildman–Crippen MR) is 81.4 cm³/mol. The van der Waals surface area contributed by atoms with Crippen molar-refractivity contribution in [1.29, 1.82) is 0 Å². The second-order valence-electron chi connectivity index (χ2n) is 6.41. The van der Waals surface area contributed by atoms with Crippen LogP contribution in [0, 0.1) is 0 Å². The number of rotatable bonds is 4. The first-order chi connectivity index (χ1) is 10.3. The zero-order chi connectivity index (χ0) is 14.2. The summed E-state index contributed by atoms with van der Waals surface area (Å²) in [6.45, 7) is 3.73. The molecule has 0 spiro atoms. The molecule has 3 aliphatic rings. The molecule has 1 aromatic rings. The van der Waals surface area contributed by atoms with Crippen LogP contribution in [-0.2, 0) is 0 Å². The summed E-state index contributed by atoms with van der Waals surface area (Å²) in [5.74, 6) is 1.00. The number of anilines is 1. The predicted octanol–water partition coefficient (Wildman–Crippen LogP) is 1.58. The van der Waals surface area contributed by atoms with E-state index < -0.39 is 0 Å². The smallest absolute Gasteiger partial charge is 0.255 e. The molecule has 5 nitrogen and oxygen atoms in total. The third-order valence-electron chi connectivity index (χ3n) is 4.60. The van der Waals surface area contributed by atoms with Crippen LogP contribution in [0.5, 0.6) is 0 Å². The molecule has 4 rings (SSSR count). The van der Waals surface area contributed by atoms with Gasteiger partial charge in [0.1, 0.15) is 5.82 Å². The average Bonchev–Trinajstić information content (AvgIpc) is 3.41. The van der Waals surface area contributed by atoms with Gasteiger partial charge in [0, 0.05) is 44.5 Å². The van der Waals surface area contributed by atoms with Crippen molar-refractivity contribution in [3.63, 3.8) is 0 Å². The number of nitrogens with zero attached hydrogens (tertiary/aromatic N) is 3. The van der Waals surface area contributed by atoms with E-state index in [1.807, 2.05) is 17.0 Å². The molecule has 0 unspecified atom stereocenters. The van der Waals surface area contributed by atoms with Crippen LogP contribution in [0.2, 0.25) is 0 Å². The van der Waals surface area contributed by atoms with Crippen LogP contribution in [0.4, 0.5) is 5.82 Å². The maximum absolute atomic E-state index is 12.5. The number of piperazine rings is 1. The van der Waals surface area contributed by atoms with Gasteiger partial charge in [-0.05, 0) is 37.8 Å². The zero-order valence-electron chi connectivity index (χ0n) is 12.3. The Balaban J connectivity index is 1.35. The SMILES string of the molecule is O=C(c1ccc(NC2CC2)nc1)N1CCN(C2CC2)CC1. The summed E-state index contributed by atoms with van der Waals surface area (Å²) < 4.78 is 0. The van der Waals surface area contributed by atoms with Gasteiger partial charge >= 0.3 is 0 Å². The number of pyridine rings is 1. The fraction of sp³-hybridized carbons (Fsp3) is 0.625. The average molecular weight is 286 g/mol. The maximum atomic E-state index is 12.5. The summed E-state index contributed by atoms with van der Waals surface area (Å²) in [5, 5.41) is 3.34. The van der Waals surface area contributed by atoms with Gasteiger partial charge in [-0.3, -0.25) is 9.69 Å². The van der Waals surface area contributed by atoms with Crippen molar-refractivity contribution in [2.75, 3.05) is 31.5 Å². The van der Waals surface area contributed by atoms with Crippen LogP contribution in [0.25, 0.3) is 0 Å². The first-order valence-corrected chi connectivity index (χ1v) is 8.05. The summed E-state index contributed by atoms with van der Waals surface area (Å²) >= 11 is 0. The maximum Gasteiger partial charge on any atom is 0.255 e. The minimum Gasteiger partial charge on any atom is -0.367 e. The highest BCUT2D eigenvalue weighted by atomic mass is 16.2. The van der Waals surface area contributed by atoms with Crippen molar-refractivity contribution >= 4 is 11.7 Å². The number of amides is 1. The molecule has 2 heterocycles. The van der Waals surface area contributed by atoms with E-state index >= 15 is 0 Å². The molecule has 1 aromatic heterocycles. The Kier molecular flexibility index (Phi) is 3.30. The van der Waals surface area contributed by atoms with E-state index in [0.717, 1.165) is 38.0 Å². The lowest BCUT2D eigenvalue weighted by Crippen LogP contribution is -2.49. The Bertz CT molecular complexity index is 514. The zero-order valence-corrected chi connectivity index (χ0v) is 12.3. The number of hydrogen-bond acceptors (Lipinski definition) is 4. The standard InChI is InChI=1S/C16H22N4O/c21-16(20-9-7-19(8-10-20)14-4-5-14)12-1-6-15(17-11-12)18-13-2-3-13/h1,6,11,13-14H,2-5,7-10H2,(H,17,18). The fourth-order valence-corrected chi connectivity index (χ4v) is 2.95. The Hall–Kier alpha value is -1.62. The molecule has 112 valence electrons. The van der Waals surface area contributed by atoms with E-state index in [1.165, 1.54) is 25.7 Å². The summed E-state index contributed by atoms with van der Waals surface area (Å²) in [4.78, 5) is 21.3. The van der Waals surface area contributed by atoms with Gasteiger partial charge in [0.2, 0.25) is 0 Å². The van der Waals surface area contributed by atoms with Crippen LogP contribution < -0.4 is 5.32 Å². The van der Waals surface area contributed by atoms with Gasteiger partial charge < -0.3 is 10.2 Å². The quantitative estimate of drug-likeness (QED) is 0.913. The second-order valence-corrected chi connectivity index (χ2v) is 6.41. The lowest BCUT2D eigenvalue weighted by Gasteiger charge is -2.34. The second kappa shape index (κ2) is 5.30. The molecule has 2 aliphatic carbocycles. The van der Waals surface area contributed by atoms with Gasteiger partial charge in [-0.2, -0.15) is 0 Å². The van der Waals surface area contributed by atoms with Gasteiger partial charge in [-0.15, -0.1) is 0 Å². The van der Waals surface area contributed by atoms with Crippen molar-refractivity contribution in [3.8, 4) is 0 Å². The molecule has 1 saturated heterocycles. The van der Waals surface area contributed by atoms with Crippen LogP contribution in [0.15, 0.2) is 18.3 Å². The normalized spacial score (nSPS) is 23.1. The van der Waals surface area contributed by atoms with Gasteiger partial charge in [-0.1, -0.05) is 0 Å². The summed E-state index contributed by atoms with van der Waals surface area (Å²) in [6.07, 6.45) is 6.85. The largest absolute Gasteiger partial charge is 0.367 e. The van der Waals surface area contributed by atoms with Crippen molar-refractivity contribution in [3.05, 3.63) is 23.9 Å². The van der Waals surface area contributed by atoms with Gasteiger partial charge in [0.15, 0.2) is 0 Å². The Labute approximate surface area is 125 Å². The highest BCUT2D eigenvalue weighted by molar-refractivity contribution is 5.94. The van der Waals surface area contributed by atoms with Crippen LogP contribution in [-0.4, -0.2) is 59.0 Å². The first-order valence-electron chi connectivity index (χ1n) is 8.05. The Morgan fingerprint density at radius 2 is 1.86 bits per heavy atom. The summed E-state index contributed by atoms with van der Waals surface area (Å²) in [7, 11) is 0. The summed E-state index contributed by atoms with van der Waals surface area (Å²) in [6, 6.07) is 5.21. The minimum absolute atomic E-state index is 0.121. The third-order valence-corrected chi connectivity index (χ3v) is 4.60. The van der Waals surface area contributed by atoms with Crippen LogP contribution in [0.1, 0.15) is 36.0 Å². The number of carbonyl (C=O) groups is 1. The van der Waals surface area contributed by atoms with Gasteiger partial charge in [0.05, 0.1) is 5.56 Å². The lowest BCUT2D eigenvalue weighted by molar-refractivity contribution is 0.0627. The Morgan fingerprint density at radius 1 is 1.10 bits per heavy atom. The molecule has 5 heteroatoms. The third kappa shape index (κ3) is 3.02. The number of aromatic nitrogens is 1.